The Hall–Kier alpha value is -3.23. The number of ether oxygens (including phenoxy) is 3. The number of amides is 1. The zero-order chi connectivity index (χ0) is 21.6. The Kier molecular flexibility index (Phi) is 7.08. The van der Waals surface area contributed by atoms with Gasteiger partial charge in [-0.3, -0.25) is 9.59 Å². The summed E-state index contributed by atoms with van der Waals surface area (Å²) in [6, 6.07) is 9.06. The number of esters is 1. The second-order valence-corrected chi connectivity index (χ2v) is 6.07. The maximum absolute atomic E-state index is 12.7. The van der Waals surface area contributed by atoms with Crippen molar-refractivity contribution in [3.63, 3.8) is 0 Å². The van der Waals surface area contributed by atoms with Crippen LogP contribution in [0.15, 0.2) is 42.5 Å². The SMILES string of the molecule is COc1ccc(CC(=O)O[C@H](C)C(=O)Nc2cccc(C(F)(F)F)c2)cc1OC. The van der Waals surface area contributed by atoms with Gasteiger partial charge in [-0.1, -0.05) is 12.1 Å². The molecule has 0 saturated heterocycles. The summed E-state index contributed by atoms with van der Waals surface area (Å²) in [7, 11) is 2.94. The van der Waals surface area contributed by atoms with Crippen LogP contribution in [0.3, 0.4) is 0 Å². The molecule has 2 aromatic carbocycles. The Bertz CT molecular complexity index is 883. The summed E-state index contributed by atoms with van der Waals surface area (Å²) in [6.45, 7) is 1.33. The van der Waals surface area contributed by atoms with Crippen molar-refractivity contribution in [2.24, 2.45) is 0 Å². The molecule has 1 atom stereocenters. The molecule has 0 radical (unpaired) electrons. The van der Waals surface area contributed by atoms with E-state index in [1.165, 1.54) is 33.3 Å². The highest BCUT2D eigenvalue weighted by molar-refractivity contribution is 5.95. The second kappa shape index (κ2) is 9.31. The molecule has 0 aliphatic carbocycles. The highest BCUT2D eigenvalue weighted by Gasteiger charge is 2.30. The first-order valence-corrected chi connectivity index (χ1v) is 8.52. The summed E-state index contributed by atoms with van der Waals surface area (Å²) >= 11 is 0. The van der Waals surface area contributed by atoms with Gasteiger partial charge in [0.15, 0.2) is 17.6 Å². The van der Waals surface area contributed by atoms with Gasteiger partial charge in [0.05, 0.1) is 26.2 Å². The first kappa shape index (κ1) is 22.1. The molecule has 29 heavy (non-hydrogen) atoms. The number of halogens is 3. The van der Waals surface area contributed by atoms with Crippen molar-refractivity contribution in [3.8, 4) is 11.5 Å². The molecular formula is C20H20F3NO5. The summed E-state index contributed by atoms with van der Waals surface area (Å²) in [5, 5.41) is 2.30. The van der Waals surface area contributed by atoms with Crippen LogP contribution in [-0.2, 0) is 26.9 Å². The number of alkyl halides is 3. The van der Waals surface area contributed by atoms with Crippen molar-refractivity contribution in [1.29, 1.82) is 0 Å². The molecule has 0 bridgehead atoms. The Balaban J connectivity index is 1.96. The Morgan fingerprint density at radius 2 is 1.72 bits per heavy atom. The Labute approximate surface area is 165 Å². The Morgan fingerprint density at radius 3 is 2.34 bits per heavy atom. The van der Waals surface area contributed by atoms with Gasteiger partial charge in [0.2, 0.25) is 0 Å². The van der Waals surface area contributed by atoms with Crippen molar-refractivity contribution < 1.29 is 37.0 Å². The van der Waals surface area contributed by atoms with Gasteiger partial charge in [0, 0.05) is 5.69 Å². The molecule has 0 spiro atoms. The van der Waals surface area contributed by atoms with Crippen molar-refractivity contribution >= 4 is 17.6 Å². The largest absolute Gasteiger partial charge is 0.493 e. The number of hydrogen-bond donors (Lipinski definition) is 1. The maximum atomic E-state index is 12.7. The monoisotopic (exact) mass is 411 g/mol. The van der Waals surface area contributed by atoms with Gasteiger partial charge in [-0.05, 0) is 42.8 Å². The van der Waals surface area contributed by atoms with E-state index >= 15 is 0 Å². The molecule has 0 saturated carbocycles. The van der Waals surface area contributed by atoms with Crippen molar-refractivity contribution in [2.75, 3.05) is 19.5 Å². The average Bonchev–Trinajstić information content (AvgIpc) is 2.67. The smallest absolute Gasteiger partial charge is 0.416 e. The lowest BCUT2D eigenvalue weighted by molar-refractivity contribution is -0.152. The molecule has 0 aliphatic rings. The van der Waals surface area contributed by atoms with E-state index in [1.54, 1.807) is 18.2 Å². The molecule has 9 heteroatoms. The number of rotatable bonds is 7. The third kappa shape index (κ3) is 6.13. The highest BCUT2D eigenvalue weighted by Crippen LogP contribution is 2.31. The van der Waals surface area contributed by atoms with E-state index in [4.69, 9.17) is 14.2 Å². The molecule has 0 fully saturated rings. The summed E-state index contributed by atoms with van der Waals surface area (Å²) < 4.78 is 53.6. The maximum Gasteiger partial charge on any atom is 0.416 e. The van der Waals surface area contributed by atoms with Crippen LogP contribution in [0.5, 0.6) is 11.5 Å². The molecule has 0 aliphatic heterocycles. The van der Waals surface area contributed by atoms with E-state index in [2.05, 4.69) is 5.32 Å². The lowest BCUT2D eigenvalue weighted by Gasteiger charge is -2.15. The summed E-state index contributed by atoms with van der Waals surface area (Å²) in [6.07, 6.45) is -5.85. The van der Waals surface area contributed by atoms with E-state index in [-0.39, 0.29) is 12.1 Å². The number of carbonyl (C=O) groups excluding carboxylic acids is 2. The molecular weight excluding hydrogens is 391 g/mol. The topological polar surface area (TPSA) is 73.9 Å². The molecule has 0 unspecified atom stereocenters. The highest BCUT2D eigenvalue weighted by atomic mass is 19.4. The van der Waals surface area contributed by atoms with Crippen LogP contribution in [0, 0.1) is 0 Å². The number of benzene rings is 2. The van der Waals surface area contributed by atoms with Crippen LogP contribution in [0.2, 0.25) is 0 Å². The van der Waals surface area contributed by atoms with Gasteiger partial charge in [0.25, 0.3) is 5.91 Å². The van der Waals surface area contributed by atoms with Gasteiger partial charge in [-0.15, -0.1) is 0 Å². The lowest BCUT2D eigenvalue weighted by Crippen LogP contribution is -2.30. The summed E-state index contributed by atoms with van der Waals surface area (Å²) in [5.74, 6) is -0.486. The summed E-state index contributed by atoms with van der Waals surface area (Å²) in [5.41, 5.74) is -0.362. The third-order valence-electron chi connectivity index (χ3n) is 3.93. The Morgan fingerprint density at radius 1 is 1.03 bits per heavy atom. The van der Waals surface area contributed by atoms with Gasteiger partial charge >= 0.3 is 12.1 Å². The lowest BCUT2D eigenvalue weighted by atomic mass is 10.1. The molecule has 1 N–H and O–H groups in total. The quantitative estimate of drug-likeness (QED) is 0.701. The predicted molar refractivity (Wildman–Crippen MR) is 98.9 cm³/mol. The zero-order valence-corrected chi connectivity index (χ0v) is 16.0. The standard InChI is InChI=1S/C20H20F3NO5/c1-12(19(26)24-15-6-4-5-14(11-15)20(21,22)23)29-18(25)10-13-7-8-16(27-2)17(9-13)28-3/h4-9,11-12H,10H2,1-3H3,(H,24,26)/t12-/m1/s1. The van der Waals surface area contributed by atoms with E-state index in [9.17, 15) is 22.8 Å². The molecule has 0 heterocycles. The van der Waals surface area contributed by atoms with Crippen LogP contribution in [-0.4, -0.2) is 32.2 Å². The predicted octanol–water partition coefficient (Wildman–Crippen LogP) is 3.84. The number of hydrogen-bond acceptors (Lipinski definition) is 5. The van der Waals surface area contributed by atoms with Gasteiger partial charge in [0.1, 0.15) is 0 Å². The number of nitrogens with one attached hydrogen (secondary N) is 1. The van der Waals surface area contributed by atoms with E-state index in [0.29, 0.717) is 17.1 Å². The van der Waals surface area contributed by atoms with Crippen LogP contribution in [0.25, 0.3) is 0 Å². The van der Waals surface area contributed by atoms with Gasteiger partial charge in [-0.25, -0.2) is 0 Å². The van der Waals surface area contributed by atoms with Crippen LogP contribution in [0.1, 0.15) is 18.1 Å². The van der Waals surface area contributed by atoms with Crippen LogP contribution in [0.4, 0.5) is 18.9 Å². The zero-order valence-electron chi connectivity index (χ0n) is 16.0. The normalized spacial score (nSPS) is 12.1. The molecule has 1 amide bonds. The van der Waals surface area contributed by atoms with Crippen molar-refractivity contribution in [2.45, 2.75) is 25.6 Å². The molecule has 2 rings (SSSR count). The van der Waals surface area contributed by atoms with Gasteiger partial charge < -0.3 is 19.5 Å². The minimum Gasteiger partial charge on any atom is -0.493 e. The fourth-order valence-corrected chi connectivity index (χ4v) is 2.47. The first-order valence-electron chi connectivity index (χ1n) is 8.52. The second-order valence-electron chi connectivity index (χ2n) is 6.07. The van der Waals surface area contributed by atoms with Crippen LogP contribution >= 0.6 is 0 Å². The number of carbonyl (C=O) groups is 2. The molecule has 2 aromatic rings. The fraction of sp³-hybridized carbons (Fsp3) is 0.300. The fourth-order valence-electron chi connectivity index (χ4n) is 2.47. The number of anilines is 1. The number of methoxy groups -OCH3 is 2. The average molecular weight is 411 g/mol. The van der Waals surface area contributed by atoms with Gasteiger partial charge in [-0.2, -0.15) is 13.2 Å². The van der Waals surface area contributed by atoms with Crippen molar-refractivity contribution in [1.82, 2.24) is 0 Å². The minimum atomic E-state index is -4.53. The molecule has 6 nitrogen and oxygen atoms in total. The van der Waals surface area contributed by atoms with E-state index in [0.717, 1.165) is 12.1 Å². The van der Waals surface area contributed by atoms with Crippen LogP contribution < -0.4 is 14.8 Å². The molecule has 0 aromatic heterocycles. The van der Waals surface area contributed by atoms with E-state index in [1.807, 2.05) is 0 Å². The molecule has 156 valence electrons. The van der Waals surface area contributed by atoms with E-state index < -0.39 is 29.7 Å². The van der Waals surface area contributed by atoms with Crippen molar-refractivity contribution in [3.05, 3.63) is 53.6 Å². The minimum absolute atomic E-state index is 0.0485. The summed E-state index contributed by atoms with van der Waals surface area (Å²) in [4.78, 5) is 24.2. The first-order chi connectivity index (χ1) is 13.6. The third-order valence-corrected chi connectivity index (χ3v) is 3.93.